The van der Waals surface area contributed by atoms with Gasteiger partial charge in [-0.2, -0.15) is 0 Å². The number of aromatic nitrogens is 3. The van der Waals surface area contributed by atoms with Gasteiger partial charge in [-0.1, -0.05) is 12.1 Å². The minimum Gasteiger partial charge on any atom is -0.378 e. The fraction of sp³-hybridized carbons (Fsp3) is 0.174. The first-order valence-corrected chi connectivity index (χ1v) is 11.9. The fourth-order valence-corrected chi connectivity index (χ4v) is 5.04. The molecule has 4 aromatic rings. The number of pyridine rings is 2. The Bertz CT molecular complexity index is 1410. The van der Waals surface area contributed by atoms with Gasteiger partial charge in [0.15, 0.2) is 0 Å². The molecule has 0 amide bonds. The van der Waals surface area contributed by atoms with Gasteiger partial charge in [0.25, 0.3) is 10.0 Å². The van der Waals surface area contributed by atoms with Gasteiger partial charge >= 0.3 is 0 Å². The van der Waals surface area contributed by atoms with Gasteiger partial charge in [0.1, 0.15) is 16.4 Å². The lowest BCUT2D eigenvalue weighted by Gasteiger charge is -2.28. The van der Waals surface area contributed by atoms with Gasteiger partial charge < -0.3 is 20.0 Å². The molecule has 168 valence electrons. The summed E-state index contributed by atoms with van der Waals surface area (Å²) in [5, 5.41) is 7.95. The van der Waals surface area contributed by atoms with Crippen LogP contribution in [-0.4, -0.2) is 55.9 Å². The number of sulfonamides is 1. The molecule has 10 heteroatoms. The van der Waals surface area contributed by atoms with E-state index in [-0.39, 0.29) is 10.7 Å². The number of aromatic amines is 1. The molecular formula is C23H22N6O3S. The molecule has 0 aliphatic carbocycles. The molecule has 1 fully saturated rings. The number of H-pyrrole nitrogens is 1. The average molecular weight is 463 g/mol. The van der Waals surface area contributed by atoms with Crippen LogP contribution < -0.4 is 9.62 Å². The van der Waals surface area contributed by atoms with Crippen LogP contribution in [0.1, 0.15) is 5.56 Å². The van der Waals surface area contributed by atoms with Crippen molar-refractivity contribution in [3.05, 3.63) is 66.6 Å². The Balaban J connectivity index is 1.47. The second kappa shape index (κ2) is 8.64. The Labute approximate surface area is 191 Å². The predicted octanol–water partition coefficient (Wildman–Crippen LogP) is 3.26. The van der Waals surface area contributed by atoms with Crippen LogP contribution in [0, 0.1) is 5.41 Å². The van der Waals surface area contributed by atoms with Crippen molar-refractivity contribution in [2.75, 3.05) is 35.9 Å². The number of hydrogen-bond donors (Lipinski definition) is 3. The minimum atomic E-state index is -3.95. The molecule has 4 heterocycles. The van der Waals surface area contributed by atoms with Crippen molar-refractivity contribution in [1.82, 2.24) is 15.0 Å². The van der Waals surface area contributed by atoms with Crippen molar-refractivity contribution in [3.8, 4) is 11.1 Å². The van der Waals surface area contributed by atoms with Crippen LogP contribution in [0.15, 0.2) is 66.0 Å². The molecule has 0 atom stereocenters. The summed E-state index contributed by atoms with van der Waals surface area (Å²) in [6.45, 7) is 3.17. The standard InChI is InChI=1S/C23H22N6O3S/c24-13-17-2-1-7-25-22(17)28-33(30,31)21-15-27-23-20(21)12-18(14-26-23)16-3-5-19(6-4-16)29-8-10-32-11-9-29/h1-7,12-15,24H,8-11H2,(H,25,28)(H,26,27). The van der Waals surface area contributed by atoms with Crippen molar-refractivity contribution in [2.24, 2.45) is 0 Å². The number of hydrogen-bond acceptors (Lipinski definition) is 7. The molecule has 0 radical (unpaired) electrons. The molecule has 3 aromatic heterocycles. The molecule has 33 heavy (non-hydrogen) atoms. The lowest BCUT2D eigenvalue weighted by Crippen LogP contribution is -2.36. The third kappa shape index (κ3) is 4.18. The van der Waals surface area contributed by atoms with E-state index in [4.69, 9.17) is 10.1 Å². The first kappa shape index (κ1) is 21.1. The molecule has 1 saturated heterocycles. The topological polar surface area (TPSA) is 124 Å². The molecule has 0 bridgehead atoms. The third-order valence-corrected chi connectivity index (χ3v) is 6.96. The van der Waals surface area contributed by atoms with E-state index < -0.39 is 10.0 Å². The normalized spacial score (nSPS) is 14.4. The largest absolute Gasteiger partial charge is 0.378 e. The predicted molar refractivity (Wildman–Crippen MR) is 127 cm³/mol. The quantitative estimate of drug-likeness (QED) is 0.378. The van der Waals surface area contributed by atoms with Crippen molar-refractivity contribution in [3.63, 3.8) is 0 Å². The van der Waals surface area contributed by atoms with Crippen molar-refractivity contribution >= 4 is 38.8 Å². The van der Waals surface area contributed by atoms with Crippen LogP contribution in [0.4, 0.5) is 11.5 Å². The number of nitrogens with zero attached hydrogens (tertiary/aromatic N) is 3. The number of anilines is 2. The first-order valence-electron chi connectivity index (χ1n) is 10.4. The third-order valence-electron chi connectivity index (χ3n) is 5.58. The molecule has 0 saturated carbocycles. The number of morpholine rings is 1. The van der Waals surface area contributed by atoms with Crippen LogP contribution in [0.5, 0.6) is 0 Å². The maximum Gasteiger partial charge on any atom is 0.265 e. The molecule has 1 aliphatic rings. The molecule has 1 aliphatic heterocycles. The Morgan fingerprint density at radius 3 is 2.64 bits per heavy atom. The summed E-state index contributed by atoms with van der Waals surface area (Å²) in [6.07, 6.45) is 5.66. The molecule has 1 aromatic carbocycles. The monoisotopic (exact) mass is 462 g/mol. The molecule has 5 rings (SSSR count). The van der Waals surface area contributed by atoms with E-state index >= 15 is 0 Å². The molecule has 9 nitrogen and oxygen atoms in total. The number of rotatable bonds is 6. The molecule has 0 spiro atoms. The Morgan fingerprint density at radius 2 is 1.88 bits per heavy atom. The van der Waals surface area contributed by atoms with E-state index in [1.165, 1.54) is 12.4 Å². The molecule has 3 N–H and O–H groups in total. The van der Waals surface area contributed by atoms with Crippen molar-refractivity contribution in [2.45, 2.75) is 4.90 Å². The summed E-state index contributed by atoms with van der Waals surface area (Å²) in [6, 6.07) is 13.2. The lowest BCUT2D eigenvalue weighted by atomic mass is 10.1. The van der Waals surface area contributed by atoms with Gasteiger partial charge in [-0.05, 0) is 35.9 Å². The highest BCUT2D eigenvalue weighted by molar-refractivity contribution is 7.93. The van der Waals surface area contributed by atoms with Gasteiger partial charge in [0, 0.05) is 60.1 Å². The van der Waals surface area contributed by atoms with Crippen molar-refractivity contribution in [1.29, 1.82) is 5.41 Å². The van der Waals surface area contributed by atoms with E-state index in [1.54, 1.807) is 18.3 Å². The zero-order chi connectivity index (χ0) is 22.8. The van der Waals surface area contributed by atoms with Crippen LogP contribution in [0.2, 0.25) is 0 Å². The highest BCUT2D eigenvalue weighted by Crippen LogP contribution is 2.29. The summed E-state index contributed by atoms with van der Waals surface area (Å²) in [5.41, 5.74) is 3.72. The van der Waals surface area contributed by atoms with Crippen LogP contribution >= 0.6 is 0 Å². The Hall–Kier alpha value is -3.76. The van der Waals surface area contributed by atoms with E-state index in [2.05, 4.69) is 36.7 Å². The Morgan fingerprint density at radius 1 is 1.09 bits per heavy atom. The number of fused-ring (bicyclic) bond motifs is 1. The summed E-state index contributed by atoms with van der Waals surface area (Å²) in [4.78, 5) is 13.7. The van der Waals surface area contributed by atoms with Crippen LogP contribution in [-0.2, 0) is 14.8 Å². The summed E-state index contributed by atoms with van der Waals surface area (Å²) in [7, 11) is -3.95. The highest BCUT2D eigenvalue weighted by Gasteiger charge is 2.22. The average Bonchev–Trinajstić information content (AvgIpc) is 3.29. The fourth-order valence-electron chi connectivity index (χ4n) is 3.85. The van der Waals surface area contributed by atoms with Crippen LogP contribution in [0.25, 0.3) is 22.2 Å². The van der Waals surface area contributed by atoms with E-state index in [0.717, 1.165) is 49.3 Å². The van der Waals surface area contributed by atoms with Crippen LogP contribution in [0.3, 0.4) is 0 Å². The van der Waals surface area contributed by atoms with Gasteiger partial charge in [-0.25, -0.2) is 18.4 Å². The molecular weight excluding hydrogens is 440 g/mol. The van der Waals surface area contributed by atoms with E-state index in [9.17, 15) is 8.42 Å². The van der Waals surface area contributed by atoms with E-state index in [0.29, 0.717) is 16.6 Å². The number of benzene rings is 1. The second-order valence-corrected chi connectivity index (χ2v) is 9.26. The maximum atomic E-state index is 13.1. The smallest absolute Gasteiger partial charge is 0.265 e. The van der Waals surface area contributed by atoms with Gasteiger partial charge in [0.2, 0.25) is 0 Å². The second-order valence-electron chi connectivity index (χ2n) is 7.61. The summed E-state index contributed by atoms with van der Waals surface area (Å²) < 4.78 is 34.1. The SMILES string of the molecule is N=Cc1cccnc1NS(=O)(=O)c1c[nH]c2ncc(-c3ccc(N4CCOCC4)cc3)cc12. The summed E-state index contributed by atoms with van der Waals surface area (Å²) in [5.74, 6) is 0.102. The molecule has 0 unspecified atom stereocenters. The van der Waals surface area contributed by atoms with Gasteiger partial charge in [-0.15, -0.1) is 0 Å². The zero-order valence-corrected chi connectivity index (χ0v) is 18.5. The lowest BCUT2D eigenvalue weighted by molar-refractivity contribution is 0.122. The van der Waals surface area contributed by atoms with Gasteiger partial charge in [-0.3, -0.25) is 4.72 Å². The maximum absolute atomic E-state index is 13.1. The summed E-state index contributed by atoms with van der Waals surface area (Å²) >= 11 is 0. The number of nitrogens with one attached hydrogen (secondary N) is 3. The number of ether oxygens (including phenoxy) is 1. The highest BCUT2D eigenvalue weighted by atomic mass is 32.2. The van der Waals surface area contributed by atoms with Crippen molar-refractivity contribution < 1.29 is 13.2 Å². The van der Waals surface area contributed by atoms with Gasteiger partial charge in [0.05, 0.1) is 13.2 Å². The zero-order valence-electron chi connectivity index (χ0n) is 17.7. The minimum absolute atomic E-state index is 0.0679. The first-order chi connectivity index (χ1) is 16.0. The van der Waals surface area contributed by atoms with E-state index in [1.807, 2.05) is 18.2 Å². The Kier molecular flexibility index (Phi) is 5.53.